The third kappa shape index (κ3) is 6.06. The van der Waals surface area contributed by atoms with Gasteiger partial charge in [-0.15, -0.1) is 0 Å². The molecule has 0 aromatic heterocycles. The molecule has 0 bridgehead atoms. The van der Waals surface area contributed by atoms with Gasteiger partial charge in [0, 0.05) is 37.7 Å². The Balaban J connectivity index is 0.00000400. The van der Waals surface area contributed by atoms with Crippen LogP contribution >= 0.6 is 0 Å². The van der Waals surface area contributed by atoms with Crippen molar-refractivity contribution in [2.45, 2.75) is 58.1 Å². The minimum atomic E-state index is -4.10. The van der Waals surface area contributed by atoms with E-state index in [-0.39, 0.29) is 54.3 Å². The van der Waals surface area contributed by atoms with Crippen molar-refractivity contribution in [3.8, 4) is 5.75 Å². The van der Waals surface area contributed by atoms with Gasteiger partial charge in [0.25, 0.3) is 10.1 Å². The van der Waals surface area contributed by atoms with Gasteiger partial charge >= 0.3 is 0 Å². The van der Waals surface area contributed by atoms with Gasteiger partial charge in [-0.1, -0.05) is 53.7 Å². The SMILES string of the molecule is CC(C)(C)c1cc(CS(=O)(=O)O)cc(C(C)(C)C)c1O.[Ca]. The molecule has 0 saturated carbocycles. The molecule has 0 atom stereocenters. The maximum atomic E-state index is 11.1. The van der Waals surface area contributed by atoms with Crippen molar-refractivity contribution in [1.82, 2.24) is 0 Å². The van der Waals surface area contributed by atoms with Crippen LogP contribution in [0, 0.1) is 0 Å². The molecule has 1 aromatic carbocycles. The van der Waals surface area contributed by atoms with Crippen LogP contribution < -0.4 is 0 Å². The second-order valence-electron chi connectivity index (χ2n) is 7.27. The fourth-order valence-electron chi connectivity index (χ4n) is 2.13. The van der Waals surface area contributed by atoms with Crippen LogP contribution in [0.2, 0.25) is 0 Å². The Hall–Kier alpha value is 0.190. The monoisotopic (exact) mass is 340 g/mol. The Morgan fingerprint density at radius 3 is 1.52 bits per heavy atom. The van der Waals surface area contributed by atoms with Crippen molar-refractivity contribution in [2.75, 3.05) is 0 Å². The predicted molar refractivity (Wildman–Crippen MR) is 86.5 cm³/mol. The average Bonchev–Trinajstić information content (AvgIpc) is 2.14. The summed E-state index contributed by atoms with van der Waals surface area (Å²) < 4.78 is 31.2. The first kappa shape index (κ1) is 21.2. The van der Waals surface area contributed by atoms with Gasteiger partial charge in [0.05, 0.1) is 0 Å². The zero-order valence-electron chi connectivity index (χ0n) is 13.7. The summed E-state index contributed by atoms with van der Waals surface area (Å²) in [5.41, 5.74) is 1.21. The maximum Gasteiger partial charge on any atom is 0.269 e. The molecule has 0 aliphatic heterocycles. The van der Waals surface area contributed by atoms with Gasteiger partial charge in [-0.2, -0.15) is 8.42 Å². The zero-order valence-corrected chi connectivity index (χ0v) is 16.7. The summed E-state index contributed by atoms with van der Waals surface area (Å²) in [7, 11) is -4.10. The van der Waals surface area contributed by atoms with Gasteiger partial charge in [0.1, 0.15) is 11.5 Å². The van der Waals surface area contributed by atoms with Crippen molar-refractivity contribution in [3.05, 3.63) is 28.8 Å². The molecular formula is C15H24CaO4S. The van der Waals surface area contributed by atoms with Gasteiger partial charge in [0.15, 0.2) is 0 Å². The summed E-state index contributed by atoms with van der Waals surface area (Å²) in [6.07, 6.45) is 0. The van der Waals surface area contributed by atoms with Gasteiger partial charge in [0.2, 0.25) is 0 Å². The molecule has 2 radical (unpaired) electrons. The van der Waals surface area contributed by atoms with Crippen LogP contribution in [0.4, 0.5) is 0 Å². The number of rotatable bonds is 2. The van der Waals surface area contributed by atoms with Crippen LogP contribution in [0.1, 0.15) is 58.2 Å². The molecule has 21 heavy (non-hydrogen) atoms. The van der Waals surface area contributed by atoms with Crippen LogP contribution in [0.5, 0.6) is 5.75 Å². The second-order valence-corrected chi connectivity index (χ2v) is 8.72. The molecule has 0 heterocycles. The first-order chi connectivity index (χ1) is 8.72. The third-order valence-corrected chi connectivity index (χ3v) is 3.83. The molecule has 1 rings (SSSR count). The number of hydrogen-bond donors (Lipinski definition) is 2. The Morgan fingerprint density at radius 1 is 0.952 bits per heavy atom. The topological polar surface area (TPSA) is 74.6 Å². The summed E-state index contributed by atoms with van der Waals surface area (Å²) in [6, 6.07) is 3.30. The number of phenolic OH excluding ortho intramolecular Hbond substituents is 1. The average molecular weight is 340 g/mol. The Morgan fingerprint density at radius 2 is 1.29 bits per heavy atom. The summed E-state index contributed by atoms with van der Waals surface area (Å²) in [6.45, 7) is 11.7. The molecule has 4 nitrogen and oxygen atoms in total. The van der Waals surface area contributed by atoms with E-state index in [0.717, 1.165) is 0 Å². The van der Waals surface area contributed by atoms with Crippen molar-refractivity contribution < 1.29 is 18.1 Å². The second kappa shape index (κ2) is 6.75. The van der Waals surface area contributed by atoms with E-state index in [9.17, 15) is 13.5 Å². The molecule has 0 unspecified atom stereocenters. The normalized spacial score (nSPS) is 12.9. The summed E-state index contributed by atoms with van der Waals surface area (Å²) in [5.74, 6) is -0.247. The minimum absolute atomic E-state index is 0. The first-order valence-corrected chi connectivity index (χ1v) is 8.15. The Labute approximate surface area is 157 Å². The van der Waals surface area contributed by atoms with Crippen LogP contribution in [0.3, 0.4) is 0 Å². The molecule has 0 fully saturated rings. The molecule has 2 N–H and O–H groups in total. The summed E-state index contributed by atoms with van der Waals surface area (Å²) >= 11 is 0. The fraction of sp³-hybridized carbons (Fsp3) is 0.600. The van der Waals surface area contributed by atoms with Gasteiger partial charge < -0.3 is 5.11 Å². The van der Waals surface area contributed by atoms with E-state index in [2.05, 4.69) is 0 Å². The van der Waals surface area contributed by atoms with E-state index in [1.807, 2.05) is 41.5 Å². The number of aromatic hydroxyl groups is 1. The number of hydrogen-bond acceptors (Lipinski definition) is 3. The molecule has 0 aliphatic carbocycles. The maximum absolute atomic E-state index is 11.1. The van der Waals surface area contributed by atoms with Crippen LogP contribution in [0.25, 0.3) is 0 Å². The van der Waals surface area contributed by atoms with E-state index < -0.39 is 15.9 Å². The van der Waals surface area contributed by atoms with E-state index in [4.69, 9.17) is 4.55 Å². The van der Waals surface area contributed by atoms with Gasteiger partial charge in [-0.3, -0.25) is 4.55 Å². The zero-order chi connectivity index (χ0) is 15.9. The minimum Gasteiger partial charge on any atom is -0.507 e. The molecular weight excluding hydrogens is 316 g/mol. The molecule has 0 spiro atoms. The molecule has 0 amide bonds. The van der Waals surface area contributed by atoms with E-state index >= 15 is 0 Å². The molecule has 1 aromatic rings. The van der Waals surface area contributed by atoms with Crippen LogP contribution in [-0.2, 0) is 26.7 Å². The molecule has 0 aliphatic rings. The standard InChI is InChI=1S/C15H24O4S.Ca/c1-14(2,3)11-7-10(9-20(17,18)19)8-12(13(11)16)15(4,5)6;/h7-8,16H,9H2,1-6H3,(H,17,18,19);. The van der Waals surface area contributed by atoms with E-state index in [1.54, 1.807) is 12.1 Å². The molecule has 116 valence electrons. The van der Waals surface area contributed by atoms with Crippen molar-refractivity contribution in [2.24, 2.45) is 0 Å². The fourth-order valence-corrected chi connectivity index (χ4v) is 2.72. The van der Waals surface area contributed by atoms with Crippen LogP contribution in [0.15, 0.2) is 12.1 Å². The van der Waals surface area contributed by atoms with E-state index in [0.29, 0.717) is 16.7 Å². The third-order valence-electron chi connectivity index (χ3n) is 3.13. The number of benzene rings is 1. The van der Waals surface area contributed by atoms with Crippen molar-refractivity contribution in [3.63, 3.8) is 0 Å². The molecule has 6 heteroatoms. The Kier molecular flexibility index (Phi) is 6.81. The van der Waals surface area contributed by atoms with Crippen LogP contribution in [-0.4, -0.2) is 55.8 Å². The van der Waals surface area contributed by atoms with Crippen molar-refractivity contribution >= 4 is 47.9 Å². The summed E-state index contributed by atoms with van der Waals surface area (Å²) in [5, 5.41) is 10.5. The largest absolute Gasteiger partial charge is 0.507 e. The predicted octanol–water partition coefficient (Wildman–Crippen LogP) is 2.99. The Bertz CT molecular complexity index is 573. The quantitative estimate of drug-likeness (QED) is 0.641. The first-order valence-electron chi connectivity index (χ1n) is 6.54. The van der Waals surface area contributed by atoms with Gasteiger partial charge in [-0.05, 0) is 27.5 Å². The van der Waals surface area contributed by atoms with Crippen molar-refractivity contribution in [1.29, 1.82) is 0 Å². The summed E-state index contributed by atoms with van der Waals surface area (Å²) in [4.78, 5) is 0. The smallest absolute Gasteiger partial charge is 0.269 e. The van der Waals surface area contributed by atoms with E-state index in [1.165, 1.54) is 0 Å². The number of phenols is 1. The van der Waals surface area contributed by atoms with Gasteiger partial charge in [-0.25, -0.2) is 0 Å². The molecule has 0 saturated heterocycles.